The van der Waals surface area contributed by atoms with Crippen molar-refractivity contribution < 1.29 is 14.0 Å². The van der Waals surface area contributed by atoms with Gasteiger partial charge in [-0.25, -0.2) is 4.79 Å². The lowest BCUT2D eigenvalue weighted by Gasteiger charge is -2.19. The summed E-state index contributed by atoms with van der Waals surface area (Å²) in [5, 5.41) is 6.27. The van der Waals surface area contributed by atoms with Gasteiger partial charge in [-0.2, -0.15) is 0 Å². The first kappa shape index (κ1) is 17.8. The third kappa shape index (κ3) is 3.21. The van der Waals surface area contributed by atoms with Gasteiger partial charge in [0.05, 0.1) is 9.09 Å². The summed E-state index contributed by atoms with van der Waals surface area (Å²) in [6.07, 6.45) is 2.32. The highest BCUT2D eigenvalue weighted by molar-refractivity contribution is 7.99. The smallest absolute Gasteiger partial charge is 0.322 e. The van der Waals surface area contributed by atoms with Gasteiger partial charge in [0.25, 0.3) is 5.91 Å². The number of hydrogen-bond acceptors (Lipinski definition) is 6. The summed E-state index contributed by atoms with van der Waals surface area (Å²) >= 11 is 3.29. The maximum Gasteiger partial charge on any atom is 0.322 e. The first-order valence-electron chi connectivity index (χ1n) is 9.23. The Labute approximate surface area is 170 Å². The molecule has 3 aromatic rings. The van der Waals surface area contributed by atoms with Crippen LogP contribution in [0.4, 0.5) is 4.79 Å². The van der Waals surface area contributed by atoms with Gasteiger partial charge < -0.3 is 9.73 Å². The molecule has 6 nitrogen and oxygen atoms in total. The molecular formula is C20H19N3O3S2. The molecular weight excluding hydrogens is 394 g/mol. The normalized spacial score (nSPS) is 24.2. The number of furan rings is 1. The highest BCUT2D eigenvalue weighted by Gasteiger charge is 2.50. The molecule has 0 radical (unpaired) electrons. The van der Waals surface area contributed by atoms with Crippen LogP contribution in [0.15, 0.2) is 51.1 Å². The molecule has 3 amide bonds. The Hall–Kier alpha value is -2.29. The molecule has 1 aromatic carbocycles. The minimum Gasteiger partial charge on any atom is -0.455 e. The van der Waals surface area contributed by atoms with E-state index in [2.05, 4.69) is 39.6 Å². The van der Waals surface area contributed by atoms with E-state index in [1.165, 1.54) is 0 Å². The van der Waals surface area contributed by atoms with Crippen LogP contribution in [0.2, 0.25) is 0 Å². The zero-order valence-corrected chi connectivity index (χ0v) is 16.6. The number of nitrogens with one attached hydrogen (secondary N) is 3. The molecule has 3 heterocycles. The maximum absolute atomic E-state index is 12.0. The molecule has 8 heteroatoms. The molecule has 2 atom stereocenters. The Bertz CT molecular complexity index is 1030. The molecule has 0 bridgehead atoms. The number of fused-ring (bicyclic) bond motifs is 1. The second-order valence-electron chi connectivity index (χ2n) is 7.32. The summed E-state index contributed by atoms with van der Waals surface area (Å²) in [6.45, 7) is 0.799. The fourth-order valence-electron chi connectivity index (χ4n) is 4.01. The largest absolute Gasteiger partial charge is 0.455 e. The molecule has 5 rings (SSSR count). The maximum atomic E-state index is 12.0. The van der Waals surface area contributed by atoms with Crippen molar-refractivity contribution in [2.24, 2.45) is 5.92 Å². The van der Waals surface area contributed by atoms with E-state index in [4.69, 9.17) is 4.42 Å². The molecule has 1 saturated carbocycles. The Kier molecular flexibility index (Phi) is 4.41. The standard InChI is InChI=1S/C20H19N3O3S2/c24-18-20(23-19(25)22-18)8-7-12(10-20)11-21-28-17-6-5-16(27-17)15-9-13-3-1-2-4-14(13)26-15/h1-6,9,12,21H,7-8,10-11H2,(H2,22,23,24,25). The molecule has 1 aliphatic heterocycles. The molecule has 3 N–H and O–H groups in total. The zero-order valence-electron chi connectivity index (χ0n) is 15.0. The summed E-state index contributed by atoms with van der Waals surface area (Å²) < 4.78 is 10.5. The number of benzene rings is 1. The second kappa shape index (κ2) is 6.95. The van der Waals surface area contributed by atoms with Gasteiger partial charge in [0.1, 0.15) is 16.9 Å². The van der Waals surface area contributed by atoms with Crippen LogP contribution in [0.3, 0.4) is 0 Å². The summed E-state index contributed by atoms with van der Waals surface area (Å²) in [5.41, 5.74) is 0.210. The second-order valence-corrected chi connectivity index (χ2v) is 9.59. The molecule has 144 valence electrons. The lowest BCUT2D eigenvalue weighted by atomic mass is 9.96. The van der Waals surface area contributed by atoms with Gasteiger partial charge in [-0.3, -0.25) is 14.8 Å². The number of amides is 3. The molecule has 2 fully saturated rings. The molecule has 2 aromatic heterocycles. The molecule has 2 unspecified atom stereocenters. The third-order valence-electron chi connectivity index (χ3n) is 5.43. The number of thiophene rings is 1. The van der Waals surface area contributed by atoms with Gasteiger partial charge in [0.2, 0.25) is 0 Å². The van der Waals surface area contributed by atoms with Crippen molar-refractivity contribution in [1.29, 1.82) is 0 Å². The van der Waals surface area contributed by atoms with Crippen LogP contribution in [0, 0.1) is 5.92 Å². The molecule has 28 heavy (non-hydrogen) atoms. The first-order chi connectivity index (χ1) is 13.6. The van der Waals surface area contributed by atoms with E-state index in [1.807, 2.05) is 18.2 Å². The highest BCUT2D eigenvalue weighted by atomic mass is 32.2. The topological polar surface area (TPSA) is 83.4 Å². The van der Waals surface area contributed by atoms with E-state index in [0.29, 0.717) is 18.8 Å². The quantitative estimate of drug-likeness (QED) is 0.433. The monoisotopic (exact) mass is 413 g/mol. The van der Waals surface area contributed by atoms with Gasteiger partial charge in [0.15, 0.2) is 0 Å². The van der Waals surface area contributed by atoms with Crippen molar-refractivity contribution >= 4 is 46.2 Å². The van der Waals surface area contributed by atoms with Gasteiger partial charge in [-0.15, -0.1) is 11.3 Å². The summed E-state index contributed by atoms with van der Waals surface area (Å²) in [7, 11) is 0. The van der Waals surface area contributed by atoms with Gasteiger partial charge in [-0.1, -0.05) is 18.2 Å². The summed E-state index contributed by atoms with van der Waals surface area (Å²) in [5.74, 6) is 1.08. The fourth-order valence-corrected chi connectivity index (χ4v) is 5.91. The SMILES string of the molecule is O=C1NC(=O)C2(CCC(CNSc3ccc(-c4cc5ccccc5o4)s3)C2)N1. The number of rotatable bonds is 5. The number of para-hydroxylation sites is 1. The Morgan fingerprint density at radius 1 is 1.25 bits per heavy atom. The van der Waals surface area contributed by atoms with Crippen LogP contribution < -0.4 is 15.4 Å². The van der Waals surface area contributed by atoms with E-state index >= 15 is 0 Å². The number of imide groups is 1. The zero-order chi connectivity index (χ0) is 19.1. The average molecular weight is 414 g/mol. The minimum absolute atomic E-state index is 0.179. The Morgan fingerprint density at radius 2 is 2.14 bits per heavy atom. The van der Waals surface area contributed by atoms with E-state index in [9.17, 15) is 9.59 Å². The predicted molar refractivity (Wildman–Crippen MR) is 110 cm³/mol. The lowest BCUT2D eigenvalue weighted by molar-refractivity contribution is -0.123. The van der Waals surface area contributed by atoms with Crippen molar-refractivity contribution in [3.63, 3.8) is 0 Å². The summed E-state index contributed by atoms with van der Waals surface area (Å²) in [4.78, 5) is 24.6. The van der Waals surface area contributed by atoms with Crippen LogP contribution in [0.1, 0.15) is 19.3 Å². The Balaban J connectivity index is 1.17. The van der Waals surface area contributed by atoms with Crippen molar-refractivity contribution in [2.45, 2.75) is 29.0 Å². The third-order valence-corrected chi connectivity index (χ3v) is 7.47. The lowest BCUT2D eigenvalue weighted by Crippen LogP contribution is -2.44. The van der Waals surface area contributed by atoms with E-state index in [-0.39, 0.29) is 11.9 Å². The van der Waals surface area contributed by atoms with Crippen LogP contribution in [-0.4, -0.2) is 24.0 Å². The van der Waals surface area contributed by atoms with Crippen molar-refractivity contribution in [3.05, 3.63) is 42.5 Å². The number of hydrogen-bond donors (Lipinski definition) is 3. The van der Waals surface area contributed by atoms with E-state index < -0.39 is 5.54 Å². The van der Waals surface area contributed by atoms with E-state index in [0.717, 1.165) is 38.8 Å². The Morgan fingerprint density at radius 3 is 2.96 bits per heavy atom. The minimum atomic E-state index is -0.689. The van der Waals surface area contributed by atoms with Gasteiger partial charge in [-0.05, 0) is 61.4 Å². The number of carbonyl (C=O) groups excluding carboxylic acids is 2. The predicted octanol–water partition coefficient (Wildman–Crippen LogP) is 4.14. The van der Waals surface area contributed by atoms with E-state index in [1.54, 1.807) is 23.3 Å². The van der Waals surface area contributed by atoms with Gasteiger partial charge in [0, 0.05) is 11.9 Å². The highest BCUT2D eigenvalue weighted by Crippen LogP contribution is 2.38. The van der Waals surface area contributed by atoms with Crippen molar-refractivity contribution in [3.8, 4) is 10.6 Å². The van der Waals surface area contributed by atoms with Crippen LogP contribution in [0.25, 0.3) is 21.6 Å². The average Bonchev–Trinajstić information content (AvgIpc) is 3.43. The van der Waals surface area contributed by atoms with Crippen LogP contribution in [0.5, 0.6) is 0 Å². The molecule has 2 aliphatic rings. The van der Waals surface area contributed by atoms with Crippen LogP contribution >= 0.6 is 23.3 Å². The molecule has 1 aliphatic carbocycles. The first-order valence-corrected chi connectivity index (χ1v) is 10.9. The summed E-state index contributed by atoms with van der Waals surface area (Å²) in [6, 6.07) is 13.9. The van der Waals surface area contributed by atoms with Crippen molar-refractivity contribution in [2.75, 3.05) is 6.54 Å². The molecule has 1 spiro atoms. The number of urea groups is 1. The fraction of sp³-hybridized carbons (Fsp3) is 0.300. The van der Waals surface area contributed by atoms with Crippen molar-refractivity contribution in [1.82, 2.24) is 15.4 Å². The number of carbonyl (C=O) groups is 2. The van der Waals surface area contributed by atoms with Gasteiger partial charge >= 0.3 is 6.03 Å². The van der Waals surface area contributed by atoms with Crippen LogP contribution in [-0.2, 0) is 4.79 Å². The molecule has 1 saturated heterocycles.